The average Bonchev–Trinajstić information content (AvgIpc) is 3.07. The molecule has 0 saturated heterocycles. The Morgan fingerprint density at radius 2 is 1.89 bits per heavy atom. The van der Waals surface area contributed by atoms with Crippen molar-refractivity contribution in [3.8, 4) is 0 Å². The van der Waals surface area contributed by atoms with Gasteiger partial charge in [0.2, 0.25) is 0 Å². The Morgan fingerprint density at radius 1 is 1.11 bits per heavy atom. The van der Waals surface area contributed by atoms with E-state index in [4.69, 9.17) is 10.8 Å². The molecule has 2 heterocycles. The van der Waals surface area contributed by atoms with Gasteiger partial charge in [-0.25, -0.2) is 4.68 Å². The number of aromatic nitrogens is 4. The normalized spacial score (nSPS) is 21.8. The molecule has 2 aliphatic carbocycles. The summed E-state index contributed by atoms with van der Waals surface area (Å²) >= 11 is 0. The second-order valence-electron chi connectivity index (χ2n) is 5.73. The lowest BCUT2D eigenvalue weighted by molar-refractivity contribution is 0.334. The van der Waals surface area contributed by atoms with Crippen LogP contribution in [0.5, 0.6) is 0 Å². The molecule has 5 heteroatoms. The number of nitrogen functional groups attached to an aromatic ring is 1. The second-order valence-corrected chi connectivity index (χ2v) is 5.73. The van der Waals surface area contributed by atoms with Crippen molar-refractivity contribution in [2.45, 2.75) is 56.9 Å². The standard InChI is InChI=1S/C13H19N5/c14-12-10-11(8-6-7-8)17-18(13(10)16-15-12)9-4-2-1-3-5-9/h8-9H,1-7H2,(H3,14,15,16). The van der Waals surface area contributed by atoms with Crippen LogP contribution in [0.4, 0.5) is 5.82 Å². The number of aromatic amines is 1. The van der Waals surface area contributed by atoms with Gasteiger partial charge in [0.25, 0.3) is 0 Å². The molecule has 4 rings (SSSR count). The fourth-order valence-electron chi connectivity index (χ4n) is 3.20. The predicted molar refractivity (Wildman–Crippen MR) is 70.4 cm³/mol. The van der Waals surface area contributed by atoms with Crippen molar-refractivity contribution in [1.29, 1.82) is 0 Å². The fourth-order valence-corrected chi connectivity index (χ4v) is 3.20. The molecule has 0 bridgehead atoms. The topological polar surface area (TPSA) is 72.5 Å². The molecule has 0 aromatic carbocycles. The number of nitrogens with zero attached hydrogens (tertiary/aromatic N) is 3. The van der Waals surface area contributed by atoms with E-state index in [-0.39, 0.29) is 0 Å². The third kappa shape index (κ3) is 1.46. The summed E-state index contributed by atoms with van der Waals surface area (Å²) in [6.45, 7) is 0. The van der Waals surface area contributed by atoms with Gasteiger partial charge in [0.1, 0.15) is 5.82 Å². The highest BCUT2D eigenvalue weighted by Crippen LogP contribution is 2.44. The number of nitrogens with two attached hydrogens (primary N) is 1. The molecule has 0 atom stereocenters. The first kappa shape index (κ1) is 10.4. The highest BCUT2D eigenvalue weighted by molar-refractivity contribution is 5.89. The Kier molecular flexibility index (Phi) is 2.16. The van der Waals surface area contributed by atoms with Crippen LogP contribution >= 0.6 is 0 Å². The Balaban J connectivity index is 1.84. The van der Waals surface area contributed by atoms with Crippen LogP contribution in [0.25, 0.3) is 11.0 Å². The van der Waals surface area contributed by atoms with Crippen LogP contribution in [0.2, 0.25) is 0 Å². The van der Waals surface area contributed by atoms with E-state index in [1.807, 2.05) is 0 Å². The number of rotatable bonds is 2. The van der Waals surface area contributed by atoms with Crippen LogP contribution in [0.1, 0.15) is 62.6 Å². The third-order valence-corrected chi connectivity index (χ3v) is 4.35. The van der Waals surface area contributed by atoms with Gasteiger partial charge in [-0.3, -0.25) is 5.10 Å². The number of H-pyrrole nitrogens is 1. The molecule has 2 saturated carbocycles. The van der Waals surface area contributed by atoms with E-state index in [1.54, 1.807) is 0 Å². The minimum Gasteiger partial charge on any atom is -0.383 e. The van der Waals surface area contributed by atoms with E-state index < -0.39 is 0 Å². The zero-order valence-corrected chi connectivity index (χ0v) is 10.5. The Morgan fingerprint density at radius 3 is 2.61 bits per heavy atom. The maximum atomic E-state index is 6.01. The van der Waals surface area contributed by atoms with Gasteiger partial charge in [0.05, 0.1) is 17.1 Å². The minimum atomic E-state index is 0.524. The van der Waals surface area contributed by atoms with Crippen molar-refractivity contribution in [3.05, 3.63) is 5.69 Å². The molecule has 0 amide bonds. The molecule has 5 nitrogen and oxygen atoms in total. The van der Waals surface area contributed by atoms with E-state index in [0.717, 1.165) is 11.0 Å². The lowest BCUT2D eigenvalue weighted by Crippen LogP contribution is -2.14. The highest BCUT2D eigenvalue weighted by Gasteiger charge is 2.32. The molecular formula is C13H19N5. The van der Waals surface area contributed by atoms with Crippen molar-refractivity contribution in [2.75, 3.05) is 5.73 Å². The zero-order valence-electron chi connectivity index (χ0n) is 10.5. The van der Waals surface area contributed by atoms with Crippen LogP contribution < -0.4 is 5.73 Å². The number of hydrogen-bond acceptors (Lipinski definition) is 3. The van der Waals surface area contributed by atoms with E-state index in [2.05, 4.69) is 14.9 Å². The SMILES string of the molecule is Nc1[nH]nc2c1c(C1CC1)nn2C1CCCCC1. The van der Waals surface area contributed by atoms with Crippen LogP contribution in [0, 0.1) is 0 Å². The molecule has 0 radical (unpaired) electrons. The summed E-state index contributed by atoms with van der Waals surface area (Å²) in [6.07, 6.45) is 8.94. The number of nitrogens with one attached hydrogen (secondary N) is 1. The van der Waals surface area contributed by atoms with Crippen molar-refractivity contribution in [2.24, 2.45) is 0 Å². The second kappa shape index (κ2) is 3.73. The molecule has 2 aromatic rings. The van der Waals surface area contributed by atoms with Gasteiger partial charge in [0.15, 0.2) is 5.65 Å². The lowest BCUT2D eigenvalue weighted by Gasteiger charge is -2.21. The van der Waals surface area contributed by atoms with Gasteiger partial charge in [-0.1, -0.05) is 19.3 Å². The average molecular weight is 245 g/mol. The van der Waals surface area contributed by atoms with Gasteiger partial charge >= 0.3 is 0 Å². The van der Waals surface area contributed by atoms with E-state index in [0.29, 0.717) is 17.8 Å². The predicted octanol–water partition coefficient (Wildman–Crippen LogP) is 2.72. The first-order chi connectivity index (χ1) is 8.84. The van der Waals surface area contributed by atoms with Gasteiger partial charge in [-0.15, -0.1) is 0 Å². The molecular weight excluding hydrogens is 226 g/mol. The van der Waals surface area contributed by atoms with Gasteiger partial charge < -0.3 is 5.73 Å². The Labute approximate surface area is 106 Å². The smallest absolute Gasteiger partial charge is 0.182 e. The molecule has 0 spiro atoms. The summed E-state index contributed by atoms with van der Waals surface area (Å²) < 4.78 is 2.15. The molecule has 0 unspecified atom stereocenters. The summed E-state index contributed by atoms with van der Waals surface area (Å²) in [4.78, 5) is 0. The van der Waals surface area contributed by atoms with Crippen molar-refractivity contribution < 1.29 is 0 Å². The number of fused-ring (bicyclic) bond motifs is 1. The minimum absolute atomic E-state index is 0.524. The highest BCUT2D eigenvalue weighted by atomic mass is 15.4. The largest absolute Gasteiger partial charge is 0.383 e. The number of hydrogen-bond donors (Lipinski definition) is 2. The van der Waals surface area contributed by atoms with Crippen LogP contribution in [-0.4, -0.2) is 20.0 Å². The third-order valence-electron chi connectivity index (χ3n) is 4.35. The molecule has 3 N–H and O–H groups in total. The van der Waals surface area contributed by atoms with E-state index in [1.165, 1.54) is 50.6 Å². The maximum Gasteiger partial charge on any atom is 0.182 e. The quantitative estimate of drug-likeness (QED) is 0.854. The van der Waals surface area contributed by atoms with Gasteiger partial charge in [-0.2, -0.15) is 10.2 Å². The first-order valence-corrected chi connectivity index (χ1v) is 7.06. The van der Waals surface area contributed by atoms with Crippen molar-refractivity contribution in [1.82, 2.24) is 20.0 Å². The van der Waals surface area contributed by atoms with E-state index in [9.17, 15) is 0 Å². The van der Waals surface area contributed by atoms with Gasteiger partial charge in [0, 0.05) is 5.92 Å². The van der Waals surface area contributed by atoms with Crippen molar-refractivity contribution >= 4 is 16.9 Å². The summed E-state index contributed by atoms with van der Waals surface area (Å²) in [5.41, 5.74) is 8.17. The number of anilines is 1. The van der Waals surface area contributed by atoms with E-state index >= 15 is 0 Å². The summed E-state index contributed by atoms with van der Waals surface area (Å²) in [5.74, 6) is 1.31. The Bertz CT molecular complexity index is 571. The summed E-state index contributed by atoms with van der Waals surface area (Å²) in [5, 5.41) is 13.2. The lowest BCUT2D eigenvalue weighted by atomic mass is 9.96. The summed E-state index contributed by atoms with van der Waals surface area (Å²) in [7, 11) is 0. The fraction of sp³-hybridized carbons (Fsp3) is 0.692. The molecule has 2 aliphatic rings. The molecule has 96 valence electrons. The van der Waals surface area contributed by atoms with Crippen LogP contribution in [0.15, 0.2) is 0 Å². The van der Waals surface area contributed by atoms with Gasteiger partial charge in [-0.05, 0) is 25.7 Å². The maximum absolute atomic E-state index is 6.01. The first-order valence-electron chi connectivity index (χ1n) is 7.06. The van der Waals surface area contributed by atoms with Crippen LogP contribution in [0.3, 0.4) is 0 Å². The monoisotopic (exact) mass is 245 g/mol. The molecule has 2 fully saturated rings. The molecule has 18 heavy (non-hydrogen) atoms. The van der Waals surface area contributed by atoms with Crippen molar-refractivity contribution in [3.63, 3.8) is 0 Å². The molecule has 2 aromatic heterocycles. The summed E-state index contributed by atoms with van der Waals surface area (Å²) in [6, 6.07) is 0.524. The van der Waals surface area contributed by atoms with Crippen LogP contribution in [-0.2, 0) is 0 Å². The Hall–Kier alpha value is -1.52. The zero-order chi connectivity index (χ0) is 12.1. The molecule has 0 aliphatic heterocycles.